The lowest BCUT2D eigenvalue weighted by molar-refractivity contribution is -0.116. The molecule has 1 amide bonds. The van der Waals surface area contributed by atoms with Crippen LogP contribution in [-0.2, 0) is 11.3 Å². The number of likely N-dealkylation sites (tertiary alicyclic amines) is 1. The monoisotopic (exact) mass is 463 g/mol. The molecule has 184 valence electrons. The van der Waals surface area contributed by atoms with Crippen LogP contribution in [0.4, 0.5) is 11.4 Å². The molecule has 2 aliphatic heterocycles. The van der Waals surface area contributed by atoms with Crippen LogP contribution in [0, 0.1) is 5.92 Å². The lowest BCUT2D eigenvalue weighted by Crippen LogP contribution is -2.56. The smallest absolute Gasteiger partial charge is 0.224 e. The Bertz CT molecular complexity index is 910. The van der Waals surface area contributed by atoms with Gasteiger partial charge in [-0.25, -0.2) is 0 Å². The van der Waals surface area contributed by atoms with E-state index in [0.29, 0.717) is 18.4 Å². The van der Waals surface area contributed by atoms with E-state index < -0.39 is 0 Å². The minimum atomic E-state index is 0.119. The van der Waals surface area contributed by atoms with Crippen LogP contribution in [0.15, 0.2) is 54.6 Å². The Balaban J connectivity index is 1.37. The van der Waals surface area contributed by atoms with Crippen LogP contribution in [0.3, 0.4) is 0 Å². The molecule has 2 saturated heterocycles. The van der Waals surface area contributed by atoms with Gasteiger partial charge in [-0.2, -0.15) is 0 Å². The number of rotatable bonds is 8. The number of piperazine rings is 1. The second-order valence-electron chi connectivity index (χ2n) is 10.2. The number of nitrogens with one attached hydrogen (secondary N) is 1. The number of likely N-dealkylation sites (N-methyl/N-ethyl adjacent to an activating group) is 1. The van der Waals surface area contributed by atoms with E-state index in [9.17, 15) is 4.79 Å². The molecule has 6 nitrogen and oxygen atoms in total. The first-order valence-corrected chi connectivity index (χ1v) is 12.7. The molecule has 2 atom stereocenters. The van der Waals surface area contributed by atoms with Gasteiger partial charge >= 0.3 is 0 Å². The lowest BCUT2D eigenvalue weighted by atomic mass is 9.86. The van der Waals surface area contributed by atoms with Gasteiger partial charge in [-0.15, -0.1) is 0 Å². The molecule has 0 unspecified atom stereocenters. The van der Waals surface area contributed by atoms with E-state index in [4.69, 9.17) is 0 Å². The fraction of sp³-hybridized carbons (Fsp3) is 0.536. The Kier molecular flexibility index (Phi) is 8.59. The van der Waals surface area contributed by atoms with Gasteiger partial charge in [0.15, 0.2) is 0 Å². The topological polar surface area (TPSA) is 42.1 Å². The average molecular weight is 464 g/mol. The molecule has 6 heteroatoms. The minimum absolute atomic E-state index is 0.119. The van der Waals surface area contributed by atoms with Gasteiger partial charge in [-0.3, -0.25) is 14.6 Å². The quantitative estimate of drug-likeness (QED) is 0.648. The van der Waals surface area contributed by atoms with Crippen molar-refractivity contribution in [1.82, 2.24) is 14.7 Å². The van der Waals surface area contributed by atoms with E-state index in [2.05, 4.69) is 68.4 Å². The SMILES string of the molecule is CN1CCN([C@H]2CCN(Cc3ccccc3)C[C@H]2CCC(=O)Nc2cccc(N(C)C)c2)CC1. The van der Waals surface area contributed by atoms with E-state index >= 15 is 0 Å². The Morgan fingerprint density at radius 2 is 1.76 bits per heavy atom. The summed E-state index contributed by atoms with van der Waals surface area (Å²) in [7, 11) is 6.25. The van der Waals surface area contributed by atoms with Gasteiger partial charge in [0.2, 0.25) is 5.91 Å². The zero-order chi connectivity index (χ0) is 23.9. The van der Waals surface area contributed by atoms with Crippen molar-refractivity contribution >= 4 is 17.3 Å². The van der Waals surface area contributed by atoms with Crippen LogP contribution in [0.1, 0.15) is 24.8 Å². The van der Waals surface area contributed by atoms with Crippen molar-refractivity contribution in [2.24, 2.45) is 5.92 Å². The predicted octanol–water partition coefficient (Wildman–Crippen LogP) is 3.61. The predicted molar refractivity (Wildman–Crippen MR) is 141 cm³/mol. The third-order valence-corrected chi connectivity index (χ3v) is 7.42. The highest BCUT2D eigenvalue weighted by Gasteiger charge is 2.34. The molecule has 0 aromatic heterocycles. The number of hydrogen-bond donors (Lipinski definition) is 1. The number of anilines is 2. The van der Waals surface area contributed by atoms with E-state index in [-0.39, 0.29) is 5.91 Å². The van der Waals surface area contributed by atoms with Crippen molar-refractivity contribution in [3.05, 3.63) is 60.2 Å². The molecule has 4 rings (SSSR count). The van der Waals surface area contributed by atoms with Crippen molar-refractivity contribution in [3.63, 3.8) is 0 Å². The first-order valence-electron chi connectivity index (χ1n) is 12.7. The number of piperidine rings is 1. The summed E-state index contributed by atoms with van der Waals surface area (Å²) in [6.45, 7) is 7.75. The number of benzene rings is 2. The zero-order valence-corrected chi connectivity index (χ0v) is 21.1. The second kappa shape index (κ2) is 11.8. The van der Waals surface area contributed by atoms with E-state index in [1.807, 2.05) is 32.3 Å². The molecule has 0 spiro atoms. The largest absolute Gasteiger partial charge is 0.378 e. The average Bonchev–Trinajstić information content (AvgIpc) is 2.84. The second-order valence-corrected chi connectivity index (χ2v) is 10.2. The van der Waals surface area contributed by atoms with Crippen LogP contribution >= 0.6 is 0 Å². The van der Waals surface area contributed by atoms with E-state index in [0.717, 1.165) is 63.6 Å². The Labute approximate surface area is 205 Å². The third-order valence-electron chi connectivity index (χ3n) is 7.42. The van der Waals surface area contributed by atoms with Crippen LogP contribution in [0.5, 0.6) is 0 Å². The van der Waals surface area contributed by atoms with Crippen molar-refractivity contribution in [1.29, 1.82) is 0 Å². The van der Waals surface area contributed by atoms with Crippen LogP contribution < -0.4 is 10.2 Å². The zero-order valence-electron chi connectivity index (χ0n) is 21.1. The van der Waals surface area contributed by atoms with Gasteiger partial charge in [0, 0.05) is 77.2 Å². The molecule has 2 heterocycles. The molecular formula is C28H41N5O. The summed E-state index contributed by atoms with van der Waals surface area (Å²) >= 11 is 0. The highest BCUT2D eigenvalue weighted by molar-refractivity contribution is 5.91. The van der Waals surface area contributed by atoms with Gasteiger partial charge in [0.25, 0.3) is 0 Å². The van der Waals surface area contributed by atoms with Gasteiger partial charge in [-0.1, -0.05) is 36.4 Å². The number of amides is 1. The summed E-state index contributed by atoms with van der Waals surface area (Å²) in [4.78, 5) is 22.6. The Hall–Kier alpha value is -2.41. The maximum absolute atomic E-state index is 12.9. The fourth-order valence-electron chi connectivity index (χ4n) is 5.40. The molecule has 0 saturated carbocycles. The molecular weight excluding hydrogens is 422 g/mol. The molecule has 0 aliphatic carbocycles. The van der Waals surface area contributed by atoms with Crippen molar-refractivity contribution < 1.29 is 4.79 Å². The fourth-order valence-corrected chi connectivity index (χ4v) is 5.40. The van der Waals surface area contributed by atoms with Crippen molar-refractivity contribution in [2.75, 3.05) is 70.6 Å². The maximum atomic E-state index is 12.9. The van der Waals surface area contributed by atoms with E-state index in [1.54, 1.807) is 0 Å². The summed E-state index contributed by atoms with van der Waals surface area (Å²) in [6.07, 6.45) is 2.69. The number of hydrogen-bond acceptors (Lipinski definition) is 5. The standard InChI is InChI=1S/C28H41N5O/c1-30(2)26-11-7-10-25(20-26)29-28(34)13-12-24-22-32(21-23-8-5-4-6-9-23)15-14-27(24)33-18-16-31(3)17-19-33/h4-11,20,24,27H,12-19,21-22H2,1-3H3,(H,29,34)/t24-,27+/m1/s1. The summed E-state index contributed by atoms with van der Waals surface area (Å²) in [6, 6.07) is 19.4. The molecule has 2 aromatic carbocycles. The van der Waals surface area contributed by atoms with Crippen molar-refractivity contribution in [3.8, 4) is 0 Å². The van der Waals surface area contributed by atoms with Crippen LogP contribution in [0.25, 0.3) is 0 Å². The highest BCUT2D eigenvalue weighted by Crippen LogP contribution is 2.28. The molecule has 2 fully saturated rings. The first-order chi connectivity index (χ1) is 16.5. The summed E-state index contributed by atoms with van der Waals surface area (Å²) in [5.74, 6) is 0.632. The molecule has 0 bridgehead atoms. The molecule has 2 aromatic rings. The van der Waals surface area contributed by atoms with Gasteiger partial charge in [-0.05, 0) is 56.1 Å². The lowest BCUT2D eigenvalue weighted by Gasteiger charge is -2.46. The van der Waals surface area contributed by atoms with Crippen LogP contribution in [0.2, 0.25) is 0 Å². The molecule has 2 aliphatic rings. The van der Waals surface area contributed by atoms with Crippen LogP contribution in [-0.4, -0.2) is 87.1 Å². The Morgan fingerprint density at radius 3 is 2.50 bits per heavy atom. The number of carbonyl (C=O) groups excluding carboxylic acids is 1. The maximum Gasteiger partial charge on any atom is 0.224 e. The highest BCUT2D eigenvalue weighted by atomic mass is 16.1. The summed E-state index contributed by atoms with van der Waals surface area (Å²) in [5.41, 5.74) is 3.34. The third kappa shape index (κ3) is 6.81. The normalized spacial score (nSPS) is 22.4. The number of nitrogens with zero attached hydrogens (tertiary/aromatic N) is 4. The Morgan fingerprint density at radius 1 is 1.00 bits per heavy atom. The summed E-state index contributed by atoms with van der Waals surface area (Å²) in [5, 5.41) is 3.13. The van der Waals surface area contributed by atoms with Gasteiger partial charge in [0.1, 0.15) is 0 Å². The minimum Gasteiger partial charge on any atom is -0.378 e. The van der Waals surface area contributed by atoms with Crippen molar-refractivity contribution in [2.45, 2.75) is 31.8 Å². The number of carbonyl (C=O) groups is 1. The van der Waals surface area contributed by atoms with E-state index in [1.165, 1.54) is 12.0 Å². The summed E-state index contributed by atoms with van der Waals surface area (Å²) < 4.78 is 0. The molecule has 0 radical (unpaired) electrons. The first kappa shape index (κ1) is 24.7. The van der Waals surface area contributed by atoms with Gasteiger partial charge in [0.05, 0.1) is 0 Å². The molecule has 34 heavy (non-hydrogen) atoms. The van der Waals surface area contributed by atoms with Gasteiger partial charge < -0.3 is 15.1 Å². The molecule has 1 N–H and O–H groups in total.